The summed E-state index contributed by atoms with van der Waals surface area (Å²) >= 11 is 0. The topological polar surface area (TPSA) is 38.3 Å². The van der Waals surface area contributed by atoms with E-state index in [0.29, 0.717) is 29.4 Å². The monoisotopic (exact) mass is 375 g/mol. The van der Waals surface area contributed by atoms with Crippen LogP contribution in [0.1, 0.15) is 78.0 Å². The molecule has 146 valence electrons. The van der Waals surface area contributed by atoms with Crippen LogP contribution in [0.3, 0.4) is 0 Å². The summed E-state index contributed by atoms with van der Waals surface area (Å²) in [6.45, 7) is 4.56. The third-order valence-corrected chi connectivity index (χ3v) is 7.47. The van der Waals surface area contributed by atoms with Crippen molar-refractivity contribution in [3.8, 4) is 0 Å². The highest BCUT2D eigenvalue weighted by atomic mass is 16.5. The van der Waals surface area contributed by atoms with Crippen LogP contribution in [0, 0.1) is 17.8 Å². The first-order valence-corrected chi connectivity index (χ1v) is 10.7. The summed E-state index contributed by atoms with van der Waals surface area (Å²) in [5, 5.41) is 3.97. The quantitative estimate of drug-likeness (QED) is 0.680. The van der Waals surface area contributed by atoms with Gasteiger partial charge in [-0.1, -0.05) is 44.2 Å². The normalized spacial score (nSPS) is 29.9. The van der Waals surface area contributed by atoms with Gasteiger partial charge >= 0.3 is 5.97 Å². The molecule has 2 aromatic carbocycles. The molecule has 1 aliphatic heterocycles. The number of esters is 1. The van der Waals surface area contributed by atoms with Crippen molar-refractivity contribution < 1.29 is 9.53 Å². The molecular weight excluding hydrogens is 346 g/mol. The first-order chi connectivity index (χ1) is 13.6. The van der Waals surface area contributed by atoms with Crippen LogP contribution in [0.5, 0.6) is 0 Å². The van der Waals surface area contributed by atoms with Crippen molar-refractivity contribution in [2.24, 2.45) is 17.8 Å². The molecule has 1 heterocycles. The van der Waals surface area contributed by atoms with Gasteiger partial charge in [-0.25, -0.2) is 4.79 Å². The average molecular weight is 376 g/mol. The number of benzene rings is 2. The molecule has 2 fully saturated rings. The van der Waals surface area contributed by atoms with Crippen molar-refractivity contribution in [1.29, 1.82) is 0 Å². The van der Waals surface area contributed by atoms with Crippen molar-refractivity contribution in [1.82, 2.24) is 0 Å². The summed E-state index contributed by atoms with van der Waals surface area (Å²) < 4.78 is 4.87. The Balaban J connectivity index is 1.58. The summed E-state index contributed by atoms with van der Waals surface area (Å²) in [6.07, 6.45) is 4.12. The molecule has 0 radical (unpaired) electrons. The van der Waals surface area contributed by atoms with Gasteiger partial charge in [0.05, 0.1) is 18.7 Å². The molecule has 3 aliphatic rings. The number of carbonyl (C=O) groups is 1. The van der Waals surface area contributed by atoms with Crippen molar-refractivity contribution in [2.45, 2.75) is 51.0 Å². The highest BCUT2D eigenvalue weighted by molar-refractivity contribution is 5.89. The molecule has 2 aromatic rings. The fraction of sp³-hybridized carbons (Fsp3) is 0.480. The molecule has 3 heteroatoms. The van der Waals surface area contributed by atoms with Crippen LogP contribution in [-0.2, 0) is 4.74 Å². The lowest BCUT2D eigenvalue weighted by Gasteiger charge is -2.44. The number of hydrogen-bond donors (Lipinski definition) is 1. The van der Waals surface area contributed by atoms with Gasteiger partial charge in [-0.2, -0.15) is 0 Å². The maximum absolute atomic E-state index is 11.8. The molecule has 5 atom stereocenters. The van der Waals surface area contributed by atoms with Gasteiger partial charge in [0, 0.05) is 5.69 Å². The molecule has 0 aromatic heterocycles. The Hall–Kier alpha value is -2.29. The van der Waals surface area contributed by atoms with Crippen LogP contribution in [0.25, 0.3) is 0 Å². The number of methoxy groups -OCH3 is 1. The molecule has 2 bridgehead atoms. The Labute approximate surface area is 167 Å². The first-order valence-electron chi connectivity index (χ1n) is 10.7. The second-order valence-electron chi connectivity index (χ2n) is 9.14. The van der Waals surface area contributed by atoms with Gasteiger partial charge in [0.2, 0.25) is 0 Å². The highest BCUT2D eigenvalue weighted by Gasteiger charge is 2.54. The van der Waals surface area contributed by atoms with E-state index in [1.165, 1.54) is 43.2 Å². The fourth-order valence-corrected chi connectivity index (χ4v) is 6.29. The first kappa shape index (κ1) is 17.8. The summed E-state index contributed by atoms with van der Waals surface area (Å²) in [4.78, 5) is 11.8. The van der Waals surface area contributed by atoms with E-state index in [4.69, 9.17) is 4.74 Å². The SMILES string of the molecule is COC(=O)c1ccc([C@@H]2Nc3c(C(C)C)cccc3[C@H]3[C@H]4CC[C@@H](C4)[C@H]32)cc1. The van der Waals surface area contributed by atoms with Gasteiger partial charge in [-0.05, 0) is 77.7 Å². The van der Waals surface area contributed by atoms with Gasteiger partial charge in [0.25, 0.3) is 0 Å². The number of carbonyl (C=O) groups excluding carboxylic acids is 1. The zero-order valence-electron chi connectivity index (χ0n) is 16.9. The third kappa shape index (κ3) is 2.59. The molecular formula is C25H29NO2. The number of anilines is 1. The number of para-hydroxylation sites is 1. The second-order valence-corrected chi connectivity index (χ2v) is 9.14. The zero-order chi connectivity index (χ0) is 19.4. The number of fused-ring (bicyclic) bond motifs is 7. The van der Waals surface area contributed by atoms with Gasteiger partial charge in [-0.3, -0.25) is 0 Å². The molecule has 2 aliphatic carbocycles. The van der Waals surface area contributed by atoms with E-state index in [0.717, 1.165) is 11.8 Å². The predicted octanol–water partition coefficient (Wildman–Crippen LogP) is 5.89. The van der Waals surface area contributed by atoms with E-state index in [1.807, 2.05) is 12.1 Å². The van der Waals surface area contributed by atoms with Crippen molar-refractivity contribution in [3.63, 3.8) is 0 Å². The van der Waals surface area contributed by atoms with Crippen LogP contribution in [-0.4, -0.2) is 13.1 Å². The highest BCUT2D eigenvalue weighted by Crippen LogP contribution is 2.64. The Kier molecular flexibility index (Phi) is 4.22. The molecule has 0 spiro atoms. The summed E-state index contributed by atoms with van der Waals surface area (Å²) in [7, 11) is 1.43. The van der Waals surface area contributed by atoms with Gasteiger partial charge < -0.3 is 10.1 Å². The minimum absolute atomic E-state index is 0.270. The molecule has 28 heavy (non-hydrogen) atoms. The lowest BCUT2D eigenvalue weighted by Crippen LogP contribution is -2.36. The fourth-order valence-electron chi connectivity index (χ4n) is 6.29. The van der Waals surface area contributed by atoms with Crippen molar-refractivity contribution in [3.05, 3.63) is 64.7 Å². The number of nitrogens with one attached hydrogen (secondary N) is 1. The average Bonchev–Trinajstić information content (AvgIpc) is 3.35. The number of ether oxygens (including phenoxy) is 1. The summed E-state index contributed by atoms with van der Waals surface area (Å²) in [5.74, 6) is 3.18. The number of hydrogen-bond acceptors (Lipinski definition) is 3. The molecule has 1 N–H and O–H groups in total. The Morgan fingerprint density at radius 3 is 2.54 bits per heavy atom. The van der Waals surface area contributed by atoms with Crippen LogP contribution >= 0.6 is 0 Å². The predicted molar refractivity (Wildman–Crippen MR) is 112 cm³/mol. The van der Waals surface area contributed by atoms with E-state index in [2.05, 4.69) is 49.5 Å². The Morgan fingerprint density at radius 1 is 1.07 bits per heavy atom. The Morgan fingerprint density at radius 2 is 1.82 bits per heavy atom. The van der Waals surface area contributed by atoms with E-state index < -0.39 is 0 Å². The summed E-state index contributed by atoms with van der Waals surface area (Å²) in [6, 6.07) is 15.3. The van der Waals surface area contributed by atoms with Gasteiger partial charge in [0.1, 0.15) is 0 Å². The second kappa shape index (κ2) is 6.65. The molecule has 5 rings (SSSR count). The van der Waals surface area contributed by atoms with Gasteiger partial charge in [0.15, 0.2) is 0 Å². The van der Waals surface area contributed by atoms with Gasteiger partial charge in [-0.15, -0.1) is 0 Å². The van der Waals surface area contributed by atoms with E-state index in [1.54, 1.807) is 5.56 Å². The number of rotatable bonds is 3. The molecule has 0 amide bonds. The van der Waals surface area contributed by atoms with Crippen LogP contribution in [0.4, 0.5) is 5.69 Å². The zero-order valence-corrected chi connectivity index (χ0v) is 16.9. The molecule has 0 saturated heterocycles. The summed E-state index contributed by atoms with van der Waals surface area (Å²) in [5.41, 5.74) is 6.25. The Bertz CT molecular complexity index is 901. The van der Waals surface area contributed by atoms with E-state index in [-0.39, 0.29) is 5.97 Å². The van der Waals surface area contributed by atoms with E-state index >= 15 is 0 Å². The standard InChI is InChI=1S/C25H29NO2/c1-14(2)19-5-4-6-20-21-17-11-12-18(13-17)22(21)23(26-24(19)20)15-7-9-16(10-8-15)25(27)28-3/h4-10,14,17-18,21-23,26H,11-13H2,1-3H3/t17-,18-,21+,22+,23-/m0/s1. The van der Waals surface area contributed by atoms with Crippen LogP contribution in [0.2, 0.25) is 0 Å². The van der Waals surface area contributed by atoms with Crippen LogP contribution in [0.15, 0.2) is 42.5 Å². The lowest BCUT2D eigenvalue weighted by molar-refractivity contribution is 0.0600. The maximum atomic E-state index is 11.8. The van der Waals surface area contributed by atoms with Crippen LogP contribution < -0.4 is 5.32 Å². The lowest BCUT2D eigenvalue weighted by atomic mass is 9.67. The minimum atomic E-state index is -0.270. The largest absolute Gasteiger partial charge is 0.465 e. The smallest absolute Gasteiger partial charge is 0.337 e. The van der Waals surface area contributed by atoms with E-state index in [9.17, 15) is 4.79 Å². The van der Waals surface area contributed by atoms with Crippen molar-refractivity contribution >= 4 is 11.7 Å². The maximum Gasteiger partial charge on any atom is 0.337 e. The van der Waals surface area contributed by atoms with Crippen molar-refractivity contribution in [2.75, 3.05) is 12.4 Å². The molecule has 0 unspecified atom stereocenters. The molecule has 3 nitrogen and oxygen atoms in total. The third-order valence-electron chi connectivity index (χ3n) is 7.47. The minimum Gasteiger partial charge on any atom is -0.465 e. The molecule has 2 saturated carbocycles.